The molecule has 2 aromatic rings. The molecule has 1 N–H and O–H groups in total. The van der Waals surface area contributed by atoms with Crippen LogP contribution in [0.3, 0.4) is 0 Å². The molecular formula is C17H24N6O. The maximum absolute atomic E-state index is 12.6. The molecule has 1 atom stereocenters. The number of anilines is 1. The maximum Gasteiger partial charge on any atom is 0.223 e. The second-order valence-electron chi connectivity index (χ2n) is 6.09. The molecule has 2 aromatic heterocycles. The second-order valence-corrected chi connectivity index (χ2v) is 6.09. The zero-order chi connectivity index (χ0) is 16.9. The fourth-order valence-electron chi connectivity index (χ4n) is 3.23. The average Bonchev–Trinajstić information content (AvgIpc) is 3.25. The van der Waals surface area contributed by atoms with E-state index < -0.39 is 0 Å². The highest BCUT2D eigenvalue weighted by Gasteiger charge is 2.31. The van der Waals surface area contributed by atoms with Gasteiger partial charge in [-0.25, -0.2) is 9.97 Å². The minimum absolute atomic E-state index is 0.0657. The largest absolute Gasteiger partial charge is 0.373 e. The van der Waals surface area contributed by atoms with Gasteiger partial charge in [-0.1, -0.05) is 0 Å². The highest BCUT2D eigenvalue weighted by atomic mass is 16.2. The molecule has 0 spiro atoms. The first-order valence-electron chi connectivity index (χ1n) is 8.47. The molecule has 1 aliphatic rings. The van der Waals surface area contributed by atoms with Crippen LogP contribution < -0.4 is 5.32 Å². The predicted molar refractivity (Wildman–Crippen MR) is 91.5 cm³/mol. The molecular weight excluding hydrogens is 304 g/mol. The predicted octanol–water partition coefficient (Wildman–Crippen LogP) is 2.17. The van der Waals surface area contributed by atoms with Crippen molar-refractivity contribution in [1.29, 1.82) is 0 Å². The molecule has 1 aliphatic heterocycles. The Balaban J connectivity index is 1.64. The van der Waals surface area contributed by atoms with Crippen LogP contribution in [0.25, 0.3) is 0 Å². The van der Waals surface area contributed by atoms with Crippen LogP contribution in [0.4, 0.5) is 5.82 Å². The Hall–Kier alpha value is -2.44. The third kappa shape index (κ3) is 3.72. The van der Waals surface area contributed by atoms with Crippen molar-refractivity contribution in [3.05, 3.63) is 36.0 Å². The number of nitrogens with zero attached hydrogens (tertiary/aromatic N) is 5. The minimum atomic E-state index is 0.0657. The van der Waals surface area contributed by atoms with Crippen molar-refractivity contribution in [3.63, 3.8) is 0 Å². The van der Waals surface area contributed by atoms with Crippen LogP contribution in [-0.4, -0.2) is 44.1 Å². The number of aromatic nitrogens is 4. The summed E-state index contributed by atoms with van der Waals surface area (Å²) in [6.07, 6.45) is 7.01. The number of carbonyl (C=O) groups is 1. The monoisotopic (exact) mass is 328 g/mol. The van der Waals surface area contributed by atoms with Gasteiger partial charge in [-0.3, -0.25) is 9.48 Å². The number of rotatable bonds is 6. The van der Waals surface area contributed by atoms with Crippen LogP contribution in [0.5, 0.6) is 0 Å². The summed E-state index contributed by atoms with van der Waals surface area (Å²) in [6, 6.07) is 3.92. The molecule has 0 aliphatic carbocycles. The molecule has 3 rings (SSSR count). The molecule has 1 fully saturated rings. The van der Waals surface area contributed by atoms with Crippen molar-refractivity contribution in [3.8, 4) is 0 Å². The van der Waals surface area contributed by atoms with Gasteiger partial charge in [-0.05, 0) is 32.3 Å². The fraction of sp³-hybridized carbons (Fsp3) is 0.529. The Morgan fingerprint density at radius 1 is 1.42 bits per heavy atom. The smallest absolute Gasteiger partial charge is 0.223 e. The van der Waals surface area contributed by atoms with Gasteiger partial charge in [0.05, 0.1) is 11.7 Å². The first-order chi connectivity index (χ1) is 11.7. The van der Waals surface area contributed by atoms with E-state index in [4.69, 9.17) is 0 Å². The van der Waals surface area contributed by atoms with Crippen molar-refractivity contribution in [1.82, 2.24) is 24.6 Å². The van der Waals surface area contributed by atoms with Crippen LogP contribution in [0.1, 0.15) is 43.2 Å². The van der Waals surface area contributed by atoms with Gasteiger partial charge in [-0.15, -0.1) is 0 Å². The third-order valence-electron chi connectivity index (χ3n) is 4.37. The molecule has 24 heavy (non-hydrogen) atoms. The lowest BCUT2D eigenvalue weighted by Crippen LogP contribution is -2.31. The Labute approximate surface area is 142 Å². The van der Waals surface area contributed by atoms with Crippen molar-refractivity contribution in [2.45, 2.75) is 45.2 Å². The number of hydrogen-bond donors (Lipinski definition) is 1. The lowest BCUT2D eigenvalue weighted by atomic mass is 10.1. The minimum Gasteiger partial charge on any atom is -0.373 e. The summed E-state index contributed by atoms with van der Waals surface area (Å²) >= 11 is 0. The zero-order valence-corrected chi connectivity index (χ0v) is 14.3. The quantitative estimate of drug-likeness (QED) is 0.879. The Bertz CT molecular complexity index is 684. The van der Waals surface area contributed by atoms with Crippen LogP contribution in [-0.2, 0) is 11.3 Å². The van der Waals surface area contributed by atoms with Crippen LogP contribution in [0.15, 0.2) is 24.5 Å². The molecule has 0 radical (unpaired) electrons. The Morgan fingerprint density at radius 3 is 3.04 bits per heavy atom. The van der Waals surface area contributed by atoms with E-state index in [1.54, 1.807) is 6.20 Å². The molecule has 7 heteroatoms. The van der Waals surface area contributed by atoms with Crippen molar-refractivity contribution in [2.75, 3.05) is 18.9 Å². The molecule has 0 bridgehead atoms. The zero-order valence-electron chi connectivity index (χ0n) is 14.3. The van der Waals surface area contributed by atoms with Crippen molar-refractivity contribution < 1.29 is 4.79 Å². The van der Waals surface area contributed by atoms with Gasteiger partial charge in [0, 0.05) is 45.0 Å². The molecule has 1 amide bonds. The first-order valence-corrected chi connectivity index (χ1v) is 8.47. The molecule has 3 heterocycles. The van der Waals surface area contributed by atoms with E-state index in [9.17, 15) is 4.79 Å². The fourth-order valence-corrected chi connectivity index (χ4v) is 3.23. The van der Waals surface area contributed by atoms with E-state index in [2.05, 4.69) is 20.4 Å². The first kappa shape index (κ1) is 16.4. The summed E-state index contributed by atoms with van der Waals surface area (Å²) in [4.78, 5) is 23.5. The number of likely N-dealkylation sites (tertiary alicyclic amines) is 1. The van der Waals surface area contributed by atoms with Crippen LogP contribution in [0.2, 0.25) is 0 Å². The van der Waals surface area contributed by atoms with Gasteiger partial charge in [0.1, 0.15) is 11.6 Å². The molecule has 0 aromatic carbocycles. The van der Waals surface area contributed by atoms with Crippen molar-refractivity contribution in [2.24, 2.45) is 0 Å². The topological polar surface area (TPSA) is 75.9 Å². The lowest BCUT2D eigenvalue weighted by Gasteiger charge is -2.25. The van der Waals surface area contributed by atoms with Crippen LogP contribution in [0, 0.1) is 6.92 Å². The molecule has 1 saturated heterocycles. The number of amides is 1. The normalized spacial score (nSPS) is 17.2. The van der Waals surface area contributed by atoms with Gasteiger partial charge in [-0.2, -0.15) is 5.10 Å². The van der Waals surface area contributed by atoms with Gasteiger partial charge in [0.25, 0.3) is 0 Å². The molecule has 128 valence electrons. The third-order valence-corrected chi connectivity index (χ3v) is 4.37. The summed E-state index contributed by atoms with van der Waals surface area (Å²) in [5.74, 6) is 1.73. The second kappa shape index (κ2) is 7.42. The summed E-state index contributed by atoms with van der Waals surface area (Å²) < 4.78 is 1.86. The number of carbonyl (C=O) groups excluding carboxylic acids is 1. The Kier molecular flexibility index (Phi) is 5.08. The van der Waals surface area contributed by atoms with E-state index in [-0.39, 0.29) is 11.9 Å². The van der Waals surface area contributed by atoms with Gasteiger partial charge in [0.15, 0.2) is 0 Å². The summed E-state index contributed by atoms with van der Waals surface area (Å²) in [5.41, 5.74) is 0.935. The highest BCUT2D eigenvalue weighted by molar-refractivity contribution is 5.77. The summed E-state index contributed by atoms with van der Waals surface area (Å²) in [7, 11) is 1.85. The van der Waals surface area contributed by atoms with Gasteiger partial charge >= 0.3 is 0 Å². The standard InChI is InChI=1S/C17H24N6O/c1-13-20-14(12-16(18-2)21-13)15-6-3-11-23(15)17(24)7-4-9-22-10-5-8-19-22/h5,8,10,12,15H,3-4,6-7,9,11H2,1-2H3,(H,18,20,21). The molecule has 1 unspecified atom stereocenters. The van der Waals surface area contributed by atoms with Gasteiger partial charge in [0.2, 0.25) is 5.91 Å². The van der Waals surface area contributed by atoms with E-state index in [1.807, 2.05) is 41.9 Å². The van der Waals surface area contributed by atoms with E-state index in [0.29, 0.717) is 6.42 Å². The number of hydrogen-bond acceptors (Lipinski definition) is 5. The lowest BCUT2D eigenvalue weighted by molar-refractivity contribution is -0.132. The number of aryl methyl sites for hydroxylation is 2. The summed E-state index contributed by atoms with van der Waals surface area (Å²) in [5, 5.41) is 7.23. The molecule has 0 saturated carbocycles. The maximum atomic E-state index is 12.6. The van der Waals surface area contributed by atoms with Crippen LogP contribution >= 0.6 is 0 Å². The highest BCUT2D eigenvalue weighted by Crippen LogP contribution is 2.32. The van der Waals surface area contributed by atoms with E-state index in [1.165, 1.54) is 0 Å². The average molecular weight is 328 g/mol. The molecule has 7 nitrogen and oxygen atoms in total. The summed E-state index contributed by atoms with van der Waals surface area (Å²) in [6.45, 7) is 3.46. The SMILES string of the molecule is CNc1cc(C2CCCN2C(=O)CCCn2cccn2)nc(C)n1. The van der Waals surface area contributed by atoms with E-state index in [0.717, 1.165) is 49.7 Å². The number of nitrogens with one attached hydrogen (secondary N) is 1. The van der Waals surface area contributed by atoms with E-state index >= 15 is 0 Å². The Morgan fingerprint density at radius 2 is 2.29 bits per heavy atom. The van der Waals surface area contributed by atoms with Gasteiger partial charge < -0.3 is 10.2 Å². The van der Waals surface area contributed by atoms with Crippen molar-refractivity contribution >= 4 is 11.7 Å².